The van der Waals surface area contributed by atoms with Crippen molar-refractivity contribution >= 4 is 0 Å². The lowest BCUT2D eigenvalue weighted by Gasteiger charge is -2.08. The molecule has 0 aromatic heterocycles. The monoisotopic (exact) mass is 318 g/mol. The SMILES string of the molecule is CCCCCCCCOc1ccc(-c2cc(F)cc(F)c2)cc1. The highest BCUT2D eigenvalue weighted by molar-refractivity contribution is 5.64. The van der Waals surface area contributed by atoms with Crippen molar-refractivity contribution in [1.82, 2.24) is 0 Å². The van der Waals surface area contributed by atoms with Crippen LogP contribution in [0.5, 0.6) is 5.75 Å². The first-order valence-electron chi connectivity index (χ1n) is 8.38. The number of halogens is 2. The lowest BCUT2D eigenvalue weighted by Crippen LogP contribution is -1.97. The Morgan fingerprint density at radius 3 is 2.00 bits per heavy atom. The molecule has 0 aliphatic carbocycles. The average Bonchev–Trinajstić information content (AvgIpc) is 2.54. The van der Waals surface area contributed by atoms with E-state index in [2.05, 4.69) is 6.92 Å². The zero-order valence-electron chi connectivity index (χ0n) is 13.7. The van der Waals surface area contributed by atoms with E-state index in [4.69, 9.17) is 4.74 Å². The topological polar surface area (TPSA) is 9.23 Å². The number of ether oxygens (including phenoxy) is 1. The second kappa shape index (κ2) is 9.29. The van der Waals surface area contributed by atoms with Gasteiger partial charge < -0.3 is 4.74 Å². The summed E-state index contributed by atoms with van der Waals surface area (Å²) in [5.74, 6) is -0.342. The first kappa shape index (κ1) is 17.5. The Labute approximate surface area is 137 Å². The normalized spacial score (nSPS) is 10.7. The summed E-state index contributed by atoms with van der Waals surface area (Å²) < 4.78 is 32.2. The van der Waals surface area contributed by atoms with Crippen LogP contribution in [0.15, 0.2) is 42.5 Å². The Balaban J connectivity index is 1.80. The van der Waals surface area contributed by atoms with Gasteiger partial charge in [-0.15, -0.1) is 0 Å². The van der Waals surface area contributed by atoms with Gasteiger partial charge in [-0.1, -0.05) is 51.2 Å². The molecule has 0 fully saturated rings. The highest BCUT2D eigenvalue weighted by atomic mass is 19.1. The number of hydrogen-bond acceptors (Lipinski definition) is 1. The maximum Gasteiger partial charge on any atom is 0.126 e. The molecule has 0 radical (unpaired) electrons. The van der Waals surface area contributed by atoms with Crippen LogP contribution in [-0.4, -0.2) is 6.61 Å². The van der Waals surface area contributed by atoms with Crippen molar-refractivity contribution in [3.63, 3.8) is 0 Å². The van der Waals surface area contributed by atoms with Gasteiger partial charge in [0.15, 0.2) is 0 Å². The largest absolute Gasteiger partial charge is 0.494 e. The molecule has 0 atom stereocenters. The van der Waals surface area contributed by atoms with Crippen LogP contribution in [0.3, 0.4) is 0 Å². The Morgan fingerprint density at radius 1 is 0.739 bits per heavy atom. The van der Waals surface area contributed by atoms with Crippen molar-refractivity contribution in [2.75, 3.05) is 6.61 Å². The third-order valence-corrected chi connectivity index (χ3v) is 3.82. The summed E-state index contributed by atoms with van der Waals surface area (Å²) in [4.78, 5) is 0. The predicted octanol–water partition coefficient (Wildman–Crippen LogP) is 6.37. The zero-order valence-corrected chi connectivity index (χ0v) is 13.7. The molecule has 0 bridgehead atoms. The first-order chi connectivity index (χ1) is 11.2. The molecular weight excluding hydrogens is 294 g/mol. The third-order valence-electron chi connectivity index (χ3n) is 3.82. The Morgan fingerprint density at radius 2 is 1.35 bits per heavy atom. The van der Waals surface area contributed by atoms with E-state index >= 15 is 0 Å². The molecule has 23 heavy (non-hydrogen) atoms. The average molecular weight is 318 g/mol. The van der Waals surface area contributed by atoms with Crippen molar-refractivity contribution in [3.8, 4) is 16.9 Å². The van der Waals surface area contributed by atoms with Crippen LogP contribution in [0.2, 0.25) is 0 Å². The second-order valence-corrected chi connectivity index (χ2v) is 5.80. The Kier molecular flexibility index (Phi) is 7.05. The number of unbranched alkanes of at least 4 members (excludes halogenated alkanes) is 5. The summed E-state index contributed by atoms with van der Waals surface area (Å²) in [5.41, 5.74) is 1.31. The van der Waals surface area contributed by atoms with Gasteiger partial charge in [0.25, 0.3) is 0 Å². The summed E-state index contributed by atoms with van der Waals surface area (Å²) in [5, 5.41) is 0. The van der Waals surface area contributed by atoms with Gasteiger partial charge in [0.2, 0.25) is 0 Å². The van der Waals surface area contributed by atoms with Gasteiger partial charge in [0, 0.05) is 6.07 Å². The molecule has 2 aromatic rings. The van der Waals surface area contributed by atoms with Crippen LogP contribution >= 0.6 is 0 Å². The van der Waals surface area contributed by atoms with Crippen LogP contribution in [0.4, 0.5) is 8.78 Å². The summed E-state index contributed by atoms with van der Waals surface area (Å²) in [6.45, 7) is 2.92. The summed E-state index contributed by atoms with van der Waals surface area (Å²) >= 11 is 0. The fourth-order valence-electron chi connectivity index (χ4n) is 2.54. The van der Waals surface area contributed by atoms with Gasteiger partial charge >= 0.3 is 0 Å². The highest BCUT2D eigenvalue weighted by Crippen LogP contribution is 2.24. The number of hydrogen-bond donors (Lipinski definition) is 0. The van der Waals surface area contributed by atoms with Crippen molar-refractivity contribution in [2.45, 2.75) is 45.4 Å². The van der Waals surface area contributed by atoms with Crippen LogP contribution in [0.25, 0.3) is 11.1 Å². The highest BCUT2D eigenvalue weighted by Gasteiger charge is 2.03. The molecule has 1 nitrogen and oxygen atoms in total. The van der Waals surface area contributed by atoms with Gasteiger partial charge in [-0.05, 0) is 41.8 Å². The van der Waals surface area contributed by atoms with Crippen molar-refractivity contribution in [1.29, 1.82) is 0 Å². The van der Waals surface area contributed by atoms with Gasteiger partial charge in [0.05, 0.1) is 6.61 Å². The number of benzene rings is 2. The van der Waals surface area contributed by atoms with E-state index in [9.17, 15) is 8.78 Å². The van der Waals surface area contributed by atoms with E-state index in [1.165, 1.54) is 44.2 Å². The van der Waals surface area contributed by atoms with E-state index in [0.717, 1.165) is 23.8 Å². The molecule has 3 heteroatoms. The second-order valence-electron chi connectivity index (χ2n) is 5.80. The quantitative estimate of drug-likeness (QED) is 0.488. The zero-order chi connectivity index (χ0) is 16.5. The molecule has 2 aromatic carbocycles. The van der Waals surface area contributed by atoms with Gasteiger partial charge in [0.1, 0.15) is 17.4 Å². The number of rotatable bonds is 9. The van der Waals surface area contributed by atoms with E-state index in [-0.39, 0.29) is 0 Å². The molecule has 0 spiro atoms. The fraction of sp³-hybridized carbons (Fsp3) is 0.400. The lowest BCUT2D eigenvalue weighted by molar-refractivity contribution is 0.304. The third kappa shape index (κ3) is 6.01. The molecular formula is C20H24F2O. The molecule has 0 aliphatic heterocycles. The molecule has 0 saturated heterocycles. The summed E-state index contributed by atoms with van der Waals surface area (Å²) in [6, 6.07) is 10.9. The van der Waals surface area contributed by atoms with Crippen molar-refractivity contribution < 1.29 is 13.5 Å². The minimum absolute atomic E-state index is 0.532. The molecule has 0 heterocycles. The van der Waals surface area contributed by atoms with E-state index in [0.29, 0.717) is 12.2 Å². The Bertz CT molecular complexity index is 573. The van der Waals surface area contributed by atoms with Gasteiger partial charge in [-0.3, -0.25) is 0 Å². The molecule has 2 rings (SSSR count). The van der Waals surface area contributed by atoms with Crippen molar-refractivity contribution in [3.05, 3.63) is 54.1 Å². The summed E-state index contributed by atoms with van der Waals surface area (Å²) in [7, 11) is 0. The summed E-state index contributed by atoms with van der Waals surface area (Å²) in [6.07, 6.45) is 7.39. The van der Waals surface area contributed by atoms with Crippen LogP contribution in [0, 0.1) is 11.6 Å². The Hall–Kier alpha value is -1.90. The minimum atomic E-state index is -0.566. The first-order valence-corrected chi connectivity index (χ1v) is 8.38. The van der Waals surface area contributed by atoms with E-state index in [1.807, 2.05) is 24.3 Å². The smallest absolute Gasteiger partial charge is 0.126 e. The molecule has 0 aliphatic rings. The van der Waals surface area contributed by atoms with Crippen molar-refractivity contribution in [2.24, 2.45) is 0 Å². The molecule has 0 unspecified atom stereocenters. The maximum absolute atomic E-state index is 13.2. The molecule has 0 N–H and O–H groups in total. The maximum atomic E-state index is 13.2. The molecule has 0 saturated carbocycles. The van der Waals surface area contributed by atoms with Crippen LogP contribution in [-0.2, 0) is 0 Å². The van der Waals surface area contributed by atoms with E-state index in [1.54, 1.807) is 0 Å². The van der Waals surface area contributed by atoms with E-state index < -0.39 is 11.6 Å². The molecule has 124 valence electrons. The fourth-order valence-corrected chi connectivity index (χ4v) is 2.54. The molecule has 0 amide bonds. The van der Waals surface area contributed by atoms with Crippen LogP contribution in [0.1, 0.15) is 45.4 Å². The minimum Gasteiger partial charge on any atom is -0.494 e. The van der Waals surface area contributed by atoms with Crippen LogP contribution < -0.4 is 4.74 Å². The lowest BCUT2D eigenvalue weighted by atomic mass is 10.1. The standard InChI is InChI=1S/C20H24F2O/c1-2-3-4-5-6-7-12-23-20-10-8-16(9-11-20)17-13-18(21)15-19(22)14-17/h8-11,13-15H,2-7,12H2,1H3. The van der Waals surface area contributed by atoms with Gasteiger partial charge in [-0.25, -0.2) is 8.78 Å². The predicted molar refractivity (Wildman–Crippen MR) is 90.7 cm³/mol. The van der Waals surface area contributed by atoms with Gasteiger partial charge in [-0.2, -0.15) is 0 Å².